The Balaban J connectivity index is 1.67. The molecule has 0 aliphatic heterocycles. The van der Waals surface area contributed by atoms with E-state index in [1.165, 1.54) is 31.2 Å². The van der Waals surface area contributed by atoms with E-state index in [2.05, 4.69) is 42.2 Å². The van der Waals surface area contributed by atoms with E-state index in [4.69, 9.17) is 0 Å². The fourth-order valence-electron chi connectivity index (χ4n) is 4.98. The van der Waals surface area contributed by atoms with Crippen molar-refractivity contribution >= 4 is 5.91 Å². The Kier molecular flexibility index (Phi) is 4.10. The number of benzene rings is 1. The van der Waals surface area contributed by atoms with Crippen LogP contribution in [0.15, 0.2) is 54.9 Å². The average molecular weight is 334 g/mol. The second-order valence-electron chi connectivity index (χ2n) is 7.62. The molecule has 1 amide bonds. The first kappa shape index (κ1) is 16.3. The predicted molar refractivity (Wildman–Crippen MR) is 99.0 cm³/mol. The molecular formula is C22H26N2O. The van der Waals surface area contributed by atoms with Gasteiger partial charge in [-0.3, -0.25) is 9.78 Å². The summed E-state index contributed by atoms with van der Waals surface area (Å²) < 4.78 is 0. The first-order valence-corrected chi connectivity index (χ1v) is 9.46. The van der Waals surface area contributed by atoms with Crippen LogP contribution in [0.2, 0.25) is 0 Å². The summed E-state index contributed by atoms with van der Waals surface area (Å²) in [5.74, 6) is 0.312. The van der Waals surface area contributed by atoms with Crippen molar-refractivity contribution in [1.29, 1.82) is 0 Å². The highest BCUT2D eigenvalue weighted by Crippen LogP contribution is 2.72. The molecule has 1 heterocycles. The lowest BCUT2D eigenvalue weighted by atomic mass is 9.83. The third-order valence-electron chi connectivity index (χ3n) is 6.34. The predicted octanol–water partition coefficient (Wildman–Crippen LogP) is 4.33. The molecule has 0 radical (unpaired) electrons. The number of nitrogens with zero attached hydrogens (tertiary/aromatic N) is 2. The summed E-state index contributed by atoms with van der Waals surface area (Å²) in [5.41, 5.74) is 2.21. The van der Waals surface area contributed by atoms with E-state index in [1.54, 1.807) is 6.20 Å². The van der Waals surface area contributed by atoms with Gasteiger partial charge < -0.3 is 4.90 Å². The topological polar surface area (TPSA) is 33.2 Å². The smallest absolute Gasteiger partial charge is 0.234 e. The van der Waals surface area contributed by atoms with Crippen molar-refractivity contribution in [3.05, 3.63) is 66.0 Å². The first-order valence-electron chi connectivity index (χ1n) is 9.46. The highest BCUT2D eigenvalue weighted by atomic mass is 16.2. The van der Waals surface area contributed by atoms with Crippen LogP contribution in [0.25, 0.3) is 0 Å². The molecule has 0 bridgehead atoms. The van der Waals surface area contributed by atoms with Gasteiger partial charge in [0, 0.05) is 25.5 Å². The van der Waals surface area contributed by atoms with E-state index in [-0.39, 0.29) is 10.8 Å². The number of hydrogen-bond acceptors (Lipinski definition) is 2. The molecule has 1 aromatic carbocycles. The van der Waals surface area contributed by atoms with Gasteiger partial charge in [0.1, 0.15) is 0 Å². The minimum Gasteiger partial charge on any atom is -0.338 e. The number of hydrogen-bond donors (Lipinski definition) is 0. The van der Waals surface area contributed by atoms with E-state index >= 15 is 0 Å². The molecule has 4 rings (SSSR count). The molecule has 1 atom stereocenters. The molecule has 2 aliphatic carbocycles. The second kappa shape index (κ2) is 6.29. The molecule has 2 aliphatic rings. The van der Waals surface area contributed by atoms with Crippen LogP contribution in [-0.4, -0.2) is 22.3 Å². The summed E-state index contributed by atoms with van der Waals surface area (Å²) in [6.45, 7) is 3.46. The summed E-state index contributed by atoms with van der Waals surface area (Å²) in [7, 11) is 0. The Morgan fingerprint density at radius 3 is 2.52 bits per heavy atom. The molecule has 0 N–H and O–H groups in total. The monoisotopic (exact) mass is 334 g/mol. The number of carbonyl (C=O) groups is 1. The number of amides is 1. The molecule has 3 heteroatoms. The Labute approximate surface area is 150 Å². The van der Waals surface area contributed by atoms with Crippen LogP contribution in [0, 0.1) is 5.41 Å². The van der Waals surface area contributed by atoms with Crippen LogP contribution in [-0.2, 0) is 16.8 Å². The summed E-state index contributed by atoms with van der Waals surface area (Å²) in [5, 5.41) is 0. The molecule has 0 saturated heterocycles. The largest absolute Gasteiger partial charge is 0.338 e. The fourth-order valence-corrected chi connectivity index (χ4v) is 4.98. The second-order valence-corrected chi connectivity index (χ2v) is 7.62. The van der Waals surface area contributed by atoms with Crippen molar-refractivity contribution in [3.8, 4) is 0 Å². The van der Waals surface area contributed by atoms with Crippen LogP contribution in [0.1, 0.15) is 50.2 Å². The number of carbonyl (C=O) groups excluding carboxylic acids is 1. The zero-order valence-corrected chi connectivity index (χ0v) is 14.9. The number of pyridine rings is 1. The molecule has 2 aromatic rings. The summed E-state index contributed by atoms with van der Waals surface area (Å²) >= 11 is 0. The van der Waals surface area contributed by atoms with Crippen molar-refractivity contribution < 1.29 is 4.79 Å². The molecule has 130 valence electrons. The van der Waals surface area contributed by atoms with Gasteiger partial charge in [-0.25, -0.2) is 0 Å². The normalized spacial score (nSPS) is 23.6. The maximum Gasteiger partial charge on any atom is 0.234 e. The van der Waals surface area contributed by atoms with Gasteiger partial charge in [0.2, 0.25) is 5.91 Å². The minimum atomic E-state index is -0.303. The van der Waals surface area contributed by atoms with E-state index in [0.717, 1.165) is 18.5 Å². The van der Waals surface area contributed by atoms with Gasteiger partial charge in [0.05, 0.1) is 5.41 Å². The summed E-state index contributed by atoms with van der Waals surface area (Å²) in [4.78, 5) is 20.0. The van der Waals surface area contributed by atoms with Crippen LogP contribution in [0.3, 0.4) is 0 Å². The lowest BCUT2D eigenvalue weighted by molar-refractivity contribution is -0.135. The Morgan fingerprint density at radius 1 is 1.12 bits per heavy atom. The number of aromatic nitrogens is 1. The zero-order chi connectivity index (χ0) is 17.3. The Hall–Kier alpha value is -2.16. The van der Waals surface area contributed by atoms with Crippen molar-refractivity contribution in [1.82, 2.24) is 9.88 Å². The van der Waals surface area contributed by atoms with Crippen LogP contribution < -0.4 is 0 Å². The van der Waals surface area contributed by atoms with Crippen molar-refractivity contribution in [3.63, 3.8) is 0 Å². The van der Waals surface area contributed by atoms with Gasteiger partial charge in [0.25, 0.3) is 0 Å². The molecular weight excluding hydrogens is 308 g/mol. The third kappa shape index (κ3) is 2.57. The van der Waals surface area contributed by atoms with Gasteiger partial charge >= 0.3 is 0 Å². The van der Waals surface area contributed by atoms with E-state index in [9.17, 15) is 4.79 Å². The SMILES string of the molecule is CCN(Cc1cccnc1)C(=O)[C@]1(c2ccccc2)CC12CCCC2. The lowest BCUT2D eigenvalue weighted by Crippen LogP contribution is -2.41. The molecule has 2 saturated carbocycles. The third-order valence-corrected chi connectivity index (χ3v) is 6.34. The number of rotatable bonds is 5. The average Bonchev–Trinajstić information content (AvgIpc) is 3.08. The van der Waals surface area contributed by atoms with E-state index in [0.29, 0.717) is 12.5 Å². The Morgan fingerprint density at radius 2 is 1.88 bits per heavy atom. The summed E-state index contributed by atoms with van der Waals surface area (Å²) in [6.07, 6.45) is 9.57. The van der Waals surface area contributed by atoms with Gasteiger partial charge in [0.15, 0.2) is 0 Å². The maximum absolute atomic E-state index is 13.7. The molecule has 0 unspecified atom stereocenters. The van der Waals surface area contributed by atoms with Gasteiger partial charge in [-0.1, -0.05) is 49.2 Å². The van der Waals surface area contributed by atoms with E-state index < -0.39 is 0 Å². The first-order chi connectivity index (χ1) is 12.2. The van der Waals surface area contributed by atoms with Crippen molar-refractivity contribution in [2.24, 2.45) is 5.41 Å². The van der Waals surface area contributed by atoms with Gasteiger partial charge in [-0.05, 0) is 48.8 Å². The highest BCUT2D eigenvalue weighted by molar-refractivity contribution is 5.93. The zero-order valence-electron chi connectivity index (χ0n) is 14.9. The molecule has 3 nitrogen and oxygen atoms in total. The number of likely N-dealkylation sites (N-methyl/N-ethyl adjacent to an activating group) is 1. The fraction of sp³-hybridized carbons (Fsp3) is 0.455. The quantitative estimate of drug-likeness (QED) is 0.815. The van der Waals surface area contributed by atoms with Crippen molar-refractivity contribution in [2.45, 2.75) is 51.0 Å². The maximum atomic E-state index is 13.7. The molecule has 1 spiro atoms. The van der Waals surface area contributed by atoms with Crippen LogP contribution >= 0.6 is 0 Å². The molecule has 25 heavy (non-hydrogen) atoms. The van der Waals surface area contributed by atoms with Crippen LogP contribution in [0.4, 0.5) is 0 Å². The molecule has 2 fully saturated rings. The standard InChI is InChI=1S/C22H26N2O/c1-2-24(16-18-9-8-14-23-15-18)20(25)22(19-10-4-3-5-11-19)17-21(22)12-6-7-13-21/h3-5,8-11,14-15H,2,6-7,12-13,16-17H2,1H3/t22-/m1/s1. The van der Waals surface area contributed by atoms with Crippen LogP contribution in [0.5, 0.6) is 0 Å². The summed E-state index contributed by atoms with van der Waals surface area (Å²) in [6, 6.07) is 14.5. The molecule has 1 aromatic heterocycles. The Bertz CT molecular complexity index is 737. The highest BCUT2D eigenvalue weighted by Gasteiger charge is 2.72. The van der Waals surface area contributed by atoms with Gasteiger partial charge in [-0.2, -0.15) is 0 Å². The minimum absolute atomic E-state index is 0.202. The van der Waals surface area contributed by atoms with Crippen molar-refractivity contribution in [2.75, 3.05) is 6.54 Å². The van der Waals surface area contributed by atoms with Gasteiger partial charge in [-0.15, -0.1) is 0 Å². The lowest BCUT2D eigenvalue weighted by Gasteiger charge is -2.30. The van der Waals surface area contributed by atoms with E-state index in [1.807, 2.05) is 23.2 Å².